The lowest BCUT2D eigenvalue weighted by molar-refractivity contribution is 0.102. The molecule has 1 aromatic heterocycles. The number of carbonyl (C=O) groups excluding carboxylic acids is 1. The van der Waals surface area contributed by atoms with Crippen molar-refractivity contribution in [3.05, 3.63) is 51.8 Å². The lowest BCUT2D eigenvalue weighted by atomic mass is 10.2. The second-order valence-corrected chi connectivity index (χ2v) is 4.67. The molecule has 0 unspecified atom stereocenters. The first kappa shape index (κ1) is 13.6. The van der Waals surface area contributed by atoms with Gasteiger partial charge in [0.25, 0.3) is 5.91 Å². The highest BCUT2D eigenvalue weighted by Gasteiger charge is 2.15. The molecule has 1 heterocycles. The third kappa shape index (κ3) is 2.80. The summed E-state index contributed by atoms with van der Waals surface area (Å²) < 4.78 is 0. The molecule has 0 atom stereocenters. The van der Waals surface area contributed by atoms with Gasteiger partial charge in [0.1, 0.15) is 0 Å². The summed E-state index contributed by atoms with van der Waals surface area (Å²) in [4.78, 5) is 15.8. The number of nitrogens with one attached hydrogen (secondary N) is 1. The fraction of sp³-hybridized carbons (Fsp3) is 0.0769. The Morgan fingerprint density at radius 1 is 1.42 bits per heavy atom. The van der Waals surface area contributed by atoms with Crippen molar-refractivity contribution in [2.75, 3.05) is 5.32 Å². The van der Waals surface area contributed by atoms with Crippen molar-refractivity contribution in [2.45, 2.75) is 6.92 Å². The quantitative estimate of drug-likeness (QED) is 0.832. The molecule has 0 spiro atoms. The molecule has 0 saturated heterocycles. The Morgan fingerprint density at radius 2 is 2.16 bits per heavy atom. The Hall–Kier alpha value is -1.78. The minimum Gasteiger partial charge on any atom is -0.504 e. The van der Waals surface area contributed by atoms with E-state index in [2.05, 4.69) is 10.3 Å². The number of rotatable bonds is 2. The van der Waals surface area contributed by atoms with E-state index in [1.807, 2.05) is 0 Å². The molecule has 0 radical (unpaired) electrons. The minimum atomic E-state index is -0.403. The molecule has 6 heteroatoms. The predicted molar refractivity (Wildman–Crippen MR) is 75.1 cm³/mol. The summed E-state index contributed by atoms with van der Waals surface area (Å²) >= 11 is 11.9. The van der Waals surface area contributed by atoms with Crippen molar-refractivity contribution in [1.82, 2.24) is 4.98 Å². The molecular formula is C13H10Cl2N2O2. The summed E-state index contributed by atoms with van der Waals surface area (Å²) in [5.74, 6) is -0.611. The molecule has 0 bridgehead atoms. The van der Waals surface area contributed by atoms with Crippen LogP contribution in [0.5, 0.6) is 5.75 Å². The molecular weight excluding hydrogens is 287 g/mol. The van der Waals surface area contributed by atoms with Crippen molar-refractivity contribution in [1.29, 1.82) is 0 Å². The molecule has 1 aromatic carbocycles. The third-order valence-electron chi connectivity index (χ3n) is 2.59. The average molecular weight is 297 g/mol. The van der Waals surface area contributed by atoms with Gasteiger partial charge in [-0.15, -0.1) is 0 Å². The van der Waals surface area contributed by atoms with Crippen LogP contribution in [0.15, 0.2) is 30.6 Å². The number of phenolic OH excluding ortho intramolecular Hbond substituents is 1. The number of hydrogen-bond acceptors (Lipinski definition) is 3. The molecule has 2 N–H and O–H groups in total. The summed E-state index contributed by atoms with van der Waals surface area (Å²) in [7, 11) is 0. The van der Waals surface area contributed by atoms with Gasteiger partial charge in [-0.25, -0.2) is 0 Å². The maximum atomic E-state index is 11.9. The van der Waals surface area contributed by atoms with Crippen LogP contribution in [0.25, 0.3) is 0 Å². The smallest absolute Gasteiger partial charge is 0.257 e. The van der Waals surface area contributed by atoms with Crippen LogP contribution in [0.2, 0.25) is 10.0 Å². The summed E-state index contributed by atoms with van der Waals surface area (Å²) in [5.41, 5.74) is 1.09. The number of hydrogen-bond donors (Lipinski definition) is 2. The molecule has 0 aliphatic rings. The van der Waals surface area contributed by atoms with Crippen LogP contribution in [0.4, 0.5) is 5.69 Å². The molecule has 2 aromatic rings. The van der Waals surface area contributed by atoms with E-state index in [-0.39, 0.29) is 16.5 Å². The fourth-order valence-corrected chi connectivity index (χ4v) is 1.95. The summed E-state index contributed by atoms with van der Waals surface area (Å²) in [6.07, 6.45) is 2.98. The number of phenols is 1. The second-order valence-electron chi connectivity index (χ2n) is 3.89. The number of anilines is 1. The number of pyridine rings is 1. The van der Waals surface area contributed by atoms with Crippen LogP contribution < -0.4 is 5.32 Å². The average Bonchev–Trinajstić information content (AvgIpc) is 2.43. The van der Waals surface area contributed by atoms with Gasteiger partial charge < -0.3 is 10.4 Å². The number of carbonyl (C=O) groups is 1. The first-order valence-electron chi connectivity index (χ1n) is 5.39. The van der Waals surface area contributed by atoms with Gasteiger partial charge in [-0.1, -0.05) is 23.2 Å². The van der Waals surface area contributed by atoms with Gasteiger partial charge in [0, 0.05) is 17.4 Å². The van der Waals surface area contributed by atoms with Crippen LogP contribution in [-0.4, -0.2) is 16.0 Å². The molecule has 19 heavy (non-hydrogen) atoms. The monoisotopic (exact) mass is 296 g/mol. The first-order chi connectivity index (χ1) is 9.00. The van der Waals surface area contributed by atoms with E-state index in [1.54, 1.807) is 25.3 Å². The van der Waals surface area contributed by atoms with Gasteiger partial charge in [-0.2, -0.15) is 0 Å². The summed E-state index contributed by atoms with van der Waals surface area (Å²) in [6.45, 7) is 1.68. The Morgan fingerprint density at radius 3 is 2.79 bits per heavy atom. The van der Waals surface area contributed by atoms with E-state index < -0.39 is 5.91 Å². The fourth-order valence-electron chi connectivity index (χ4n) is 1.49. The minimum absolute atomic E-state index is 0.119. The molecule has 1 amide bonds. The highest BCUT2D eigenvalue weighted by molar-refractivity contribution is 6.37. The van der Waals surface area contributed by atoms with E-state index in [9.17, 15) is 9.90 Å². The zero-order chi connectivity index (χ0) is 14.0. The highest BCUT2D eigenvalue weighted by atomic mass is 35.5. The van der Waals surface area contributed by atoms with E-state index in [1.165, 1.54) is 12.3 Å². The third-order valence-corrected chi connectivity index (χ3v) is 3.45. The van der Waals surface area contributed by atoms with Crippen molar-refractivity contribution in [3.63, 3.8) is 0 Å². The van der Waals surface area contributed by atoms with Gasteiger partial charge >= 0.3 is 0 Å². The molecule has 0 aliphatic carbocycles. The Kier molecular flexibility index (Phi) is 3.93. The number of amides is 1. The molecule has 98 valence electrons. The van der Waals surface area contributed by atoms with Crippen LogP contribution >= 0.6 is 23.2 Å². The van der Waals surface area contributed by atoms with E-state index >= 15 is 0 Å². The van der Waals surface area contributed by atoms with Gasteiger partial charge in [0.15, 0.2) is 5.75 Å². The van der Waals surface area contributed by atoms with Crippen LogP contribution in [0.3, 0.4) is 0 Å². The number of benzene rings is 1. The number of nitrogens with zero attached hydrogens (tertiary/aromatic N) is 1. The number of halogens is 2. The van der Waals surface area contributed by atoms with Gasteiger partial charge in [-0.05, 0) is 30.7 Å². The van der Waals surface area contributed by atoms with Gasteiger partial charge in [0.05, 0.1) is 16.3 Å². The van der Waals surface area contributed by atoms with Gasteiger partial charge in [0.2, 0.25) is 0 Å². The summed E-state index contributed by atoms with van der Waals surface area (Å²) in [5, 5.41) is 12.9. The predicted octanol–water partition coefficient (Wildman–Crippen LogP) is 3.65. The van der Waals surface area contributed by atoms with Crippen molar-refractivity contribution in [3.8, 4) is 5.75 Å². The second kappa shape index (κ2) is 5.47. The molecule has 0 fully saturated rings. The molecule has 0 saturated carbocycles. The zero-order valence-corrected chi connectivity index (χ0v) is 11.5. The molecule has 0 aliphatic heterocycles. The van der Waals surface area contributed by atoms with Gasteiger partial charge in [-0.3, -0.25) is 9.78 Å². The molecule has 4 nitrogen and oxygen atoms in total. The first-order valence-corrected chi connectivity index (χ1v) is 6.15. The standard InChI is InChI=1S/C13H10Cl2N2O2/c1-7-9(14)5-10(12(18)11(7)15)17-13(19)8-3-2-4-16-6-8/h2-6,18H,1H3,(H,17,19). The van der Waals surface area contributed by atoms with E-state index in [0.29, 0.717) is 16.1 Å². The van der Waals surface area contributed by atoms with E-state index in [0.717, 1.165) is 0 Å². The van der Waals surface area contributed by atoms with Crippen molar-refractivity contribution in [2.24, 2.45) is 0 Å². The zero-order valence-electron chi connectivity index (χ0n) is 9.95. The van der Waals surface area contributed by atoms with E-state index in [4.69, 9.17) is 23.2 Å². The Labute approximate surface area is 120 Å². The van der Waals surface area contributed by atoms with Crippen LogP contribution in [0, 0.1) is 6.92 Å². The summed E-state index contributed by atoms with van der Waals surface area (Å²) in [6, 6.07) is 4.70. The topological polar surface area (TPSA) is 62.2 Å². The largest absolute Gasteiger partial charge is 0.504 e. The van der Waals surface area contributed by atoms with Crippen LogP contribution in [0.1, 0.15) is 15.9 Å². The SMILES string of the molecule is Cc1c(Cl)cc(NC(=O)c2cccnc2)c(O)c1Cl. The highest BCUT2D eigenvalue weighted by Crippen LogP contribution is 2.38. The number of aromatic nitrogens is 1. The Balaban J connectivity index is 2.32. The van der Waals surface area contributed by atoms with Crippen LogP contribution in [-0.2, 0) is 0 Å². The Bertz CT molecular complexity index is 630. The molecule has 2 rings (SSSR count). The normalized spacial score (nSPS) is 10.3. The lowest BCUT2D eigenvalue weighted by Gasteiger charge is -2.11. The number of aromatic hydroxyl groups is 1. The maximum absolute atomic E-state index is 11.9. The lowest BCUT2D eigenvalue weighted by Crippen LogP contribution is -2.12. The van der Waals surface area contributed by atoms with Crippen molar-refractivity contribution >= 4 is 34.8 Å². The maximum Gasteiger partial charge on any atom is 0.257 e. The van der Waals surface area contributed by atoms with Crippen molar-refractivity contribution < 1.29 is 9.90 Å².